The molecule has 0 aromatic heterocycles. The molecule has 0 bridgehead atoms. The van der Waals surface area contributed by atoms with Crippen LogP contribution in [0.5, 0.6) is 0 Å². The van der Waals surface area contributed by atoms with E-state index in [1.165, 1.54) is 0 Å². The third kappa shape index (κ3) is 8.91. The van der Waals surface area contributed by atoms with Crippen LogP contribution < -0.4 is 16.0 Å². The maximum atomic E-state index is 12.9. The van der Waals surface area contributed by atoms with Crippen molar-refractivity contribution in [3.63, 3.8) is 0 Å². The standard InChI is InChI=1S/C21H35N3O5/c1-13(2)10-16(20(28)23-15-8-6-5-7-9-15)24-21(29)19(14(3)4)22-11-17(26)18(27)12-25/h5-9,13-14,16-19,22,25-27H,10-12H2,1-4H3,(H,23,28)(H,24,29)/p+1/t16-,17+,18+,19-/m0/s1. The van der Waals surface area contributed by atoms with E-state index in [-0.39, 0.29) is 30.2 Å². The Morgan fingerprint density at radius 2 is 1.62 bits per heavy atom. The summed E-state index contributed by atoms with van der Waals surface area (Å²) >= 11 is 0. The summed E-state index contributed by atoms with van der Waals surface area (Å²) in [4.78, 5) is 25.6. The highest BCUT2D eigenvalue weighted by atomic mass is 16.4. The smallest absolute Gasteiger partial charge is 0.279 e. The Morgan fingerprint density at radius 3 is 2.14 bits per heavy atom. The highest BCUT2D eigenvalue weighted by molar-refractivity contribution is 5.97. The number of hydrogen-bond donors (Lipinski definition) is 6. The maximum Gasteiger partial charge on any atom is 0.279 e. The number of aliphatic hydroxyl groups excluding tert-OH is 3. The molecular weight excluding hydrogens is 374 g/mol. The molecule has 0 aliphatic heterocycles. The number of carbonyl (C=O) groups is 2. The second kappa shape index (κ2) is 12.5. The Hall–Kier alpha value is -2.00. The molecule has 0 heterocycles. The Bertz CT molecular complexity index is 624. The van der Waals surface area contributed by atoms with Crippen LogP contribution in [-0.4, -0.2) is 64.6 Å². The molecule has 1 aromatic carbocycles. The molecule has 0 fully saturated rings. The zero-order chi connectivity index (χ0) is 22.0. The van der Waals surface area contributed by atoms with Gasteiger partial charge in [-0.1, -0.05) is 45.9 Å². The minimum Gasteiger partial charge on any atom is -0.394 e. The molecule has 29 heavy (non-hydrogen) atoms. The molecule has 4 atom stereocenters. The fourth-order valence-corrected chi connectivity index (χ4v) is 2.97. The lowest BCUT2D eigenvalue weighted by atomic mass is 9.99. The first-order chi connectivity index (χ1) is 13.6. The number of anilines is 1. The topological polar surface area (TPSA) is 136 Å². The molecule has 2 amide bonds. The molecule has 164 valence electrons. The van der Waals surface area contributed by atoms with Gasteiger partial charge < -0.3 is 31.3 Å². The van der Waals surface area contributed by atoms with E-state index in [4.69, 9.17) is 5.11 Å². The number of amides is 2. The van der Waals surface area contributed by atoms with E-state index in [1.54, 1.807) is 17.4 Å². The molecule has 0 aliphatic rings. The van der Waals surface area contributed by atoms with Gasteiger partial charge in [0.25, 0.3) is 5.91 Å². The van der Waals surface area contributed by atoms with Crippen LogP contribution in [-0.2, 0) is 9.59 Å². The molecular formula is C21H36N3O5+. The highest BCUT2D eigenvalue weighted by Crippen LogP contribution is 2.11. The van der Waals surface area contributed by atoms with E-state index in [1.807, 2.05) is 45.9 Å². The number of nitrogens with one attached hydrogen (secondary N) is 2. The summed E-state index contributed by atoms with van der Waals surface area (Å²) in [5.74, 6) is -0.453. The molecule has 1 rings (SSSR count). The van der Waals surface area contributed by atoms with Gasteiger partial charge in [-0.15, -0.1) is 0 Å². The first kappa shape index (κ1) is 25.0. The van der Waals surface area contributed by atoms with Crippen molar-refractivity contribution in [3.8, 4) is 0 Å². The number of nitrogens with two attached hydrogens (primary N) is 1. The first-order valence-corrected chi connectivity index (χ1v) is 10.1. The quantitative estimate of drug-likeness (QED) is 0.275. The highest BCUT2D eigenvalue weighted by Gasteiger charge is 2.31. The minimum absolute atomic E-state index is 0.0586. The van der Waals surface area contributed by atoms with Gasteiger partial charge in [-0.25, -0.2) is 0 Å². The summed E-state index contributed by atoms with van der Waals surface area (Å²) in [6.45, 7) is 7.21. The average molecular weight is 411 g/mol. The van der Waals surface area contributed by atoms with Crippen molar-refractivity contribution in [2.45, 2.75) is 58.4 Å². The molecule has 0 unspecified atom stereocenters. The lowest BCUT2D eigenvalue weighted by molar-refractivity contribution is -0.688. The molecule has 8 nitrogen and oxygen atoms in total. The molecule has 0 saturated carbocycles. The van der Waals surface area contributed by atoms with Gasteiger partial charge in [-0.05, 0) is 24.5 Å². The van der Waals surface area contributed by atoms with Gasteiger partial charge >= 0.3 is 0 Å². The van der Waals surface area contributed by atoms with Gasteiger partial charge in [0.05, 0.1) is 6.61 Å². The van der Waals surface area contributed by atoms with Gasteiger partial charge in [0, 0.05) is 11.6 Å². The lowest BCUT2D eigenvalue weighted by Gasteiger charge is -2.25. The minimum atomic E-state index is -1.26. The van der Waals surface area contributed by atoms with Crippen molar-refractivity contribution in [2.24, 2.45) is 11.8 Å². The molecule has 1 aromatic rings. The third-order valence-corrected chi connectivity index (χ3v) is 4.67. The number of carbonyl (C=O) groups excluding carboxylic acids is 2. The predicted molar refractivity (Wildman–Crippen MR) is 111 cm³/mol. The maximum absolute atomic E-state index is 12.9. The Kier molecular flexibility index (Phi) is 10.8. The van der Waals surface area contributed by atoms with Gasteiger partial charge in [0.1, 0.15) is 24.8 Å². The van der Waals surface area contributed by atoms with Gasteiger partial charge in [0.2, 0.25) is 5.91 Å². The molecule has 0 aliphatic carbocycles. The van der Waals surface area contributed by atoms with Crippen molar-refractivity contribution >= 4 is 17.5 Å². The van der Waals surface area contributed by atoms with Crippen LogP contribution >= 0.6 is 0 Å². The Morgan fingerprint density at radius 1 is 1.00 bits per heavy atom. The molecule has 0 saturated heterocycles. The van der Waals surface area contributed by atoms with E-state index in [0.29, 0.717) is 12.1 Å². The average Bonchev–Trinajstić information content (AvgIpc) is 2.66. The molecule has 8 heteroatoms. The lowest BCUT2D eigenvalue weighted by Crippen LogP contribution is -2.96. The van der Waals surface area contributed by atoms with Crippen LogP contribution in [0, 0.1) is 11.8 Å². The summed E-state index contributed by atoms with van der Waals surface area (Å²) in [6.07, 6.45) is -1.92. The van der Waals surface area contributed by atoms with Crippen LogP contribution in [0.2, 0.25) is 0 Å². The summed E-state index contributed by atoms with van der Waals surface area (Å²) in [7, 11) is 0. The number of quaternary nitrogens is 1. The predicted octanol–water partition coefficient (Wildman–Crippen LogP) is -0.542. The van der Waals surface area contributed by atoms with Crippen molar-refractivity contribution in [2.75, 3.05) is 18.5 Å². The van der Waals surface area contributed by atoms with Gasteiger partial charge in [-0.2, -0.15) is 0 Å². The number of para-hydroxylation sites is 1. The monoisotopic (exact) mass is 410 g/mol. The normalized spacial score (nSPS) is 15.6. The summed E-state index contributed by atoms with van der Waals surface area (Å²) in [6, 6.07) is 7.83. The van der Waals surface area contributed by atoms with E-state index in [2.05, 4.69) is 10.6 Å². The number of aliphatic hydroxyl groups is 3. The van der Waals surface area contributed by atoms with Crippen LogP contribution in [0.3, 0.4) is 0 Å². The van der Waals surface area contributed by atoms with Crippen molar-refractivity contribution in [1.29, 1.82) is 0 Å². The van der Waals surface area contributed by atoms with E-state index >= 15 is 0 Å². The van der Waals surface area contributed by atoms with Crippen molar-refractivity contribution in [3.05, 3.63) is 30.3 Å². The van der Waals surface area contributed by atoms with Crippen molar-refractivity contribution < 1.29 is 30.2 Å². The second-order valence-electron chi connectivity index (χ2n) is 8.10. The van der Waals surface area contributed by atoms with Crippen LogP contribution in [0.1, 0.15) is 34.1 Å². The fourth-order valence-electron chi connectivity index (χ4n) is 2.97. The molecule has 0 spiro atoms. The summed E-state index contributed by atoms with van der Waals surface area (Å²) < 4.78 is 0. The van der Waals surface area contributed by atoms with Crippen LogP contribution in [0.4, 0.5) is 5.69 Å². The largest absolute Gasteiger partial charge is 0.394 e. The Labute approximate surface area is 172 Å². The zero-order valence-corrected chi connectivity index (χ0v) is 17.7. The number of benzene rings is 1. The summed E-state index contributed by atoms with van der Waals surface area (Å²) in [5.41, 5.74) is 0.661. The SMILES string of the molecule is CC(C)C[C@H](NC(=O)[C@@H]([NH2+]C[C@@H](O)[C@H](O)CO)C(C)C)C(=O)Nc1ccccc1. The van der Waals surface area contributed by atoms with Crippen molar-refractivity contribution in [1.82, 2.24) is 5.32 Å². The van der Waals surface area contributed by atoms with E-state index in [0.717, 1.165) is 0 Å². The van der Waals surface area contributed by atoms with Gasteiger partial charge in [0.15, 0.2) is 6.04 Å². The van der Waals surface area contributed by atoms with Crippen LogP contribution in [0.15, 0.2) is 30.3 Å². The Balaban J connectivity index is 2.80. The zero-order valence-electron chi connectivity index (χ0n) is 17.7. The van der Waals surface area contributed by atoms with Crippen LogP contribution in [0.25, 0.3) is 0 Å². The number of hydrogen-bond acceptors (Lipinski definition) is 5. The second-order valence-corrected chi connectivity index (χ2v) is 8.10. The van der Waals surface area contributed by atoms with E-state index < -0.39 is 30.9 Å². The summed E-state index contributed by atoms with van der Waals surface area (Å²) in [5, 5.41) is 35.6. The molecule has 0 radical (unpaired) electrons. The molecule has 7 N–H and O–H groups in total. The number of rotatable bonds is 12. The van der Waals surface area contributed by atoms with E-state index in [9.17, 15) is 19.8 Å². The first-order valence-electron chi connectivity index (χ1n) is 10.1. The fraction of sp³-hybridized carbons (Fsp3) is 0.619. The third-order valence-electron chi connectivity index (χ3n) is 4.67. The van der Waals surface area contributed by atoms with Gasteiger partial charge in [-0.3, -0.25) is 9.59 Å².